The quantitative estimate of drug-likeness (QED) is 0.732. The predicted molar refractivity (Wildman–Crippen MR) is 118 cm³/mol. The van der Waals surface area contributed by atoms with Gasteiger partial charge in [-0.1, -0.05) is 36.4 Å². The van der Waals surface area contributed by atoms with Crippen LogP contribution in [0.2, 0.25) is 0 Å². The normalized spacial score (nSPS) is 22.4. The van der Waals surface area contributed by atoms with Crippen LogP contribution in [0.1, 0.15) is 56.3 Å². The maximum absolute atomic E-state index is 13.5. The second-order valence-corrected chi connectivity index (χ2v) is 9.35. The van der Waals surface area contributed by atoms with Crippen LogP contribution in [0.25, 0.3) is 0 Å². The van der Waals surface area contributed by atoms with Crippen LogP contribution in [0.5, 0.6) is 0 Å². The van der Waals surface area contributed by atoms with Crippen LogP contribution in [-0.2, 0) is 15.9 Å². The van der Waals surface area contributed by atoms with E-state index in [2.05, 4.69) is 11.4 Å². The van der Waals surface area contributed by atoms with Crippen LogP contribution in [-0.4, -0.2) is 41.4 Å². The molecule has 2 aromatic rings. The van der Waals surface area contributed by atoms with Crippen molar-refractivity contribution in [2.45, 2.75) is 63.8 Å². The van der Waals surface area contributed by atoms with Crippen molar-refractivity contribution < 1.29 is 23.5 Å². The van der Waals surface area contributed by atoms with Crippen LogP contribution in [0, 0.1) is 5.82 Å². The van der Waals surface area contributed by atoms with Gasteiger partial charge in [-0.3, -0.25) is 4.90 Å². The van der Waals surface area contributed by atoms with Crippen molar-refractivity contribution in [3.05, 3.63) is 71.0 Å². The van der Waals surface area contributed by atoms with Crippen molar-refractivity contribution in [3.8, 4) is 0 Å². The molecule has 2 unspecified atom stereocenters. The molecule has 7 heteroatoms. The van der Waals surface area contributed by atoms with Crippen LogP contribution < -0.4 is 5.32 Å². The number of ether oxygens (including phenoxy) is 2. The third-order valence-electron chi connectivity index (χ3n) is 5.87. The maximum Gasteiger partial charge on any atom is 0.410 e. The Kier molecular flexibility index (Phi) is 6.09. The van der Waals surface area contributed by atoms with E-state index in [-0.39, 0.29) is 17.9 Å². The Morgan fingerprint density at radius 1 is 1.06 bits per heavy atom. The van der Waals surface area contributed by atoms with E-state index in [9.17, 15) is 14.0 Å². The first-order valence-corrected chi connectivity index (χ1v) is 11.0. The van der Waals surface area contributed by atoms with Gasteiger partial charge in [-0.2, -0.15) is 0 Å². The second-order valence-electron chi connectivity index (χ2n) is 9.35. The molecule has 1 N–H and O–H groups in total. The van der Waals surface area contributed by atoms with E-state index >= 15 is 0 Å². The number of benzene rings is 2. The number of hydrogen-bond acceptors (Lipinski definition) is 4. The van der Waals surface area contributed by atoms with Gasteiger partial charge in [0.2, 0.25) is 0 Å². The number of hydrogen-bond donors (Lipinski definition) is 1. The lowest BCUT2D eigenvalue weighted by Gasteiger charge is -2.41. The van der Waals surface area contributed by atoms with Gasteiger partial charge in [0.05, 0.1) is 12.1 Å². The van der Waals surface area contributed by atoms with Crippen molar-refractivity contribution in [1.82, 2.24) is 10.2 Å². The summed E-state index contributed by atoms with van der Waals surface area (Å²) < 4.78 is 24.6. The Morgan fingerprint density at radius 3 is 2.44 bits per heavy atom. The van der Waals surface area contributed by atoms with E-state index in [4.69, 9.17) is 9.47 Å². The Bertz CT molecular complexity index is 986. The molecule has 3 atom stereocenters. The van der Waals surface area contributed by atoms with Gasteiger partial charge in [0.1, 0.15) is 17.5 Å². The SMILES string of the molecule is CC(C)(C)OC(=O)NC1CCC1OC(=O)N1CCc2ccccc2[C@@H]1c1ccc(F)cc1. The Labute approximate surface area is 187 Å². The van der Waals surface area contributed by atoms with Gasteiger partial charge in [0.25, 0.3) is 0 Å². The molecule has 0 saturated heterocycles. The van der Waals surface area contributed by atoms with Crippen molar-refractivity contribution in [3.63, 3.8) is 0 Å². The number of halogens is 1. The highest BCUT2D eigenvalue weighted by Crippen LogP contribution is 2.36. The van der Waals surface area contributed by atoms with Gasteiger partial charge >= 0.3 is 12.2 Å². The molecule has 0 spiro atoms. The lowest BCUT2D eigenvalue weighted by molar-refractivity contribution is -0.00965. The molecule has 0 aromatic heterocycles. The molecular weight excluding hydrogens is 411 g/mol. The lowest BCUT2D eigenvalue weighted by atomic mass is 9.88. The summed E-state index contributed by atoms with van der Waals surface area (Å²) in [5.41, 5.74) is 2.41. The number of rotatable bonds is 3. The predicted octanol–water partition coefficient (Wildman–Crippen LogP) is 4.97. The average molecular weight is 441 g/mol. The highest BCUT2D eigenvalue weighted by atomic mass is 19.1. The molecule has 1 aliphatic carbocycles. The summed E-state index contributed by atoms with van der Waals surface area (Å²) in [5.74, 6) is -0.322. The van der Waals surface area contributed by atoms with Gasteiger partial charge in [-0.05, 0) is 68.9 Å². The van der Waals surface area contributed by atoms with Crippen molar-refractivity contribution >= 4 is 12.2 Å². The first-order chi connectivity index (χ1) is 15.2. The molecule has 170 valence electrons. The summed E-state index contributed by atoms with van der Waals surface area (Å²) >= 11 is 0. The largest absolute Gasteiger partial charge is 0.444 e. The highest BCUT2D eigenvalue weighted by molar-refractivity contribution is 5.71. The smallest absolute Gasteiger partial charge is 0.410 e. The van der Waals surface area contributed by atoms with Gasteiger partial charge in [0.15, 0.2) is 0 Å². The lowest BCUT2D eigenvalue weighted by Crippen LogP contribution is -2.54. The molecule has 1 heterocycles. The molecule has 1 aliphatic heterocycles. The fraction of sp³-hybridized carbons (Fsp3) is 0.440. The molecule has 1 fully saturated rings. The van der Waals surface area contributed by atoms with Crippen molar-refractivity contribution in [1.29, 1.82) is 0 Å². The fourth-order valence-corrected chi connectivity index (χ4v) is 4.20. The zero-order valence-corrected chi connectivity index (χ0v) is 18.6. The van der Waals surface area contributed by atoms with Crippen molar-refractivity contribution in [2.75, 3.05) is 6.54 Å². The minimum absolute atomic E-state index is 0.268. The Balaban J connectivity index is 1.48. The first kappa shape index (κ1) is 22.1. The minimum Gasteiger partial charge on any atom is -0.444 e. The summed E-state index contributed by atoms with van der Waals surface area (Å²) in [6.45, 7) is 5.90. The third kappa shape index (κ3) is 4.87. The maximum atomic E-state index is 13.5. The highest BCUT2D eigenvalue weighted by Gasteiger charge is 2.40. The number of fused-ring (bicyclic) bond motifs is 1. The molecule has 6 nitrogen and oxygen atoms in total. The summed E-state index contributed by atoms with van der Waals surface area (Å²) in [4.78, 5) is 27.0. The molecule has 4 rings (SSSR count). The number of amides is 2. The van der Waals surface area contributed by atoms with E-state index in [1.165, 1.54) is 17.7 Å². The number of carbonyl (C=O) groups excluding carboxylic acids is 2. The molecule has 1 saturated carbocycles. The second kappa shape index (κ2) is 8.81. The van der Waals surface area contributed by atoms with E-state index in [1.807, 2.05) is 18.2 Å². The van der Waals surface area contributed by atoms with E-state index in [1.54, 1.807) is 37.8 Å². The number of nitrogens with zero attached hydrogens (tertiary/aromatic N) is 1. The molecule has 32 heavy (non-hydrogen) atoms. The topological polar surface area (TPSA) is 67.9 Å². The summed E-state index contributed by atoms with van der Waals surface area (Å²) in [5, 5.41) is 2.80. The van der Waals surface area contributed by atoms with Gasteiger partial charge in [0, 0.05) is 6.54 Å². The summed E-state index contributed by atoms with van der Waals surface area (Å²) in [7, 11) is 0. The van der Waals surface area contributed by atoms with Crippen LogP contribution >= 0.6 is 0 Å². The fourth-order valence-electron chi connectivity index (χ4n) is 4.20. The van der Waals surface area contributed by atoms with E-state index in [0.29, 0.717) is 19.4 Å². The molecule has 2 aliphatic rings. The number of alkyl carbamates (subject to hydrolysis) is 1. The molecule has 0 radical (unpaired) electrons. The number of nitrogens with one attached hydrogen (secondary N) is 1. The molecule has 0 bridgehead atoms. The molecule has 2 aromatic carbocycles. The van der Waals surface area contributed by atoms with Crippen LogP contribution in [0.3, 0.4) is 0 Å². The van der Waals surface area contributed by atoms with Crippen LogP contribution in [0.15, 0.2) is 48.5 Å². The first-order valence-electron chi connectivity index (χ1n) is 11.0. The molecule has 2 amide bonds. The van der Waals surface area contributed by atoms with Gasteiger partial charge in [-0.15, -0.1) is 0 Å². The standard InChI is InChI=1S/C25H29FN2O4/c1-25(2,3)32-23(29)27-20-12-13-21(20)31-24(30)28-15-14-16-6-4-5-7-19(16)22(28)17-8-10-18(26)11-9-17/h4-11,20-22H,12-15H2,1-3H3,(H,27,29)/t20?,21?,22-/m0/s1. The van der Waals surface area contributed by atoms with Crippen molar-refractivity contribution in [2.24, 2.45) is 0 Å². The van der Waals surface area contributed by atoms with Crippen LogP contribution in [0.4, 0.5) is 14.0 Å². The van der Waals surface area contributed by atoms with Gasteiger partial charge in [-0.25, -0.2) is 14.0 Å². The Morgan fingerprint density at radius 2 is 1.78 bits per heavy atom. The third-order valence-corrected chi connectivity index (χ3v) is 5.87. The summed E-state index contributed by atoms with van der Waals surface area (Å²) in [6.07, 6.45) is 0.766. The zero-order valence-electron chi connectivity index (χ0n) is 18.6. The Hall–Kier alpha value is -3.09. The average Bonchev–Trinajstić information content (AvgIpc) is 2.73. The number of carbonyl (C=O) groups is 2. The summed E-state index contributed by atoms with van der Waals surface area (Å²) in [6, 6.07) is 13.6. The van der Waals surface area contributed by atoms with E-state index < -0.39 is 23.9 Å². The molecular formula is C25H29FN2O4. The monoisotopic (exact) mass is 440 g/mol. The minimum atomic E-state index is -0.594. The van der Waals surface area contributed by atoms with Gasteiger partial charge < -0.3 is 14.8 Å². The van der Waals surface area contributed by atoms with E-state index in [0.717, 1.165) is 17.5 Å². The zero-order chi connectivity index (χ0) is 22.9.